The van der Waals surface area contributed by atoms with E-state index in [4.69, 9.17) is 10.5 Å². The highest BCUT2D eigenvalue weighted by Crippen LogP contribution is 2.01. The van der Waals surface area contributed by atoms with Gasteiger partial charge < -0.3 is 0 Å². The molecule has 5 heteroatoms. The maximum Gasteiger partial charge on any atom is 0.237 e. The normalized spacial score (nSPS) is 11.3. The summed E-state index contributed by atoms with van der Waals surface area (Å²) in [5.74, 6) is 0. The van der Waals surface area contributed by atoms with E-state index in [1.165, 1.54) is 25.1 Å². The second-order valence-corrected chi connectivity index (χ2v) is 3.62. The number of sulfone groups is 1. The Morgan fingerprint density at radius 3 is 2.09 bits per heavy atom. The molecule has 0 atom stereocenters. The van der Waals surface area contributed by atoms with Gasteiger partial charge in [0.2, 0.25) is 15.1 Å². The second kappa shape index (κ2) is 3.75. The molecule has 58 valence electrons. The third kappa shape index (κ3) is 2.40. The minimum absolute atomic E-state index is 0.851. The fourth-order valence-electron chi connectivity index (χ4n) is 0.444. The van der Waals surface area contributed by atoms with Crippen molar-refractivity contribution in [3.05, 3.63) is 11.5 Å². The Morgan fingerprint density at radius 1 is 1.36 bits per heavy atom. The average molecular weight is 170 g/mol. The predicted octanol–water partition coefficient (Wildman–Crippen LogP) is 0.351. The molecule has 4 nitrogen and oxygen atoms in total. The van der Waals surface area contributed by atoms with Gasteiger partial charge in [0.05, 0.1) is 12.1 Å². The zero-order valence-corrected chi connectivity index (χ0v) is 6.67. The van der Waals surface area contributed by atoms with Crippen LogP contribution in [0.1, 0.15) is 6.92 Å². The minimum Gasteiger partial charge on any atom is -0.222 e. The Morgan fingerprint density at radius 2 is 1.82 bits per heavy atom. The molecule has 0 fully saturated rings. The van der Waals surface area contributed by atoms with Gasteiger partial charge >= 0.3 is 0 Å². The highest BCUT2D eigenvalue weighted by Gasteiger charge is 2.20. The van der Waals surface area contributed by atoms with E-state index in [9.17, 15) is 8.42 Å². The van der Waals surface area contributed by atoms with Crippen LogP contribution < -0.4 is 0 Å². The number of hydrogen-bond acceptors (Lipinski definition) is 4. The van der Waals surface area contributed by atoms with Gasteiger partial charge in [0.1, 0.15) is 0 Å². The molecule has 0 aromatic carbocycles. The van der Waals surface area contributed by atoms with Gasteiger partial charge in [-0.05, 0) is 6.92 Å². The molecule has 11 heavy (non-hydrogen) atoms. The largest absolute Gasteiger partial charge is 0.237 e. The molecule has 0 saturated heterocycles. The van der Waals surface area contributed by atoms with Crippen LogP contribution in [0.3, 0.4) is 0 Å². The summed E-state index contributed by atoms with van der Waals surface area (Å²) in [6.45, 7) is 1.50. The lowest BCUT2D eigenvalue weighted by atomic mass is 10.5. The predicted molar refractivity (Wildman–Crippen MR) is 38.7 cm³/mol. The smallest absolute Gasteiger partial charge is 0.222 e. The number of rotatable bonds is 2. The Balaban J connectivity index is 4.90. The first kappa shape index (κ1) is 9.67. The Kier molecular flexibility index (Phi) is 3.29. The average Bonchev–Trinajstić information content (AvgIpc) is 1.89. The van der Waals surface area contributed by atoms with Crippen molar-refractivity contribution in [3.63, 3.8) is 0 Å². The lowest BCUT2D eigenvalue weighted by molar-refractivity contribution is 0.604. The van der Waals surface area contributed by atoms with Crippen LogP contribution in [0.2, 0.25) is 0 Å². The zero-order chi connectivity index (χ0) is 8.91. The molecule has 0 N–H and O–H groups in total. The molecule has 0 spiro atoms. The summed E-state index contributed by atoms with van der Waals surface area (Å²) in [4.78, 5) is 0. The standard InChI is InChI=1S/C6H6N2O2S/c1-2-3-11(9,10)6(4-7)5-8/h2-3,6H,1H3. The molecule has 0 aliphatic rings. The first-order valence-electron chi connectivity index (χ1n) is 2.74. The quantitative estimate of drug-likeness (QED) is 0.598. The lowest BCUT2D eigenvalue weighted by Crippen LogP contribution is -2.13. The topological polar surface area (TPSA) is 81.7 Å². The van der Waals surface area contributed by atoms with Gasteiger partial charge in [0, 0.05) is 5.41 Å². The molecule has 0 rings (SSSR count). The highest BCUT2D eigenvalue weighted by atomic mass is 32.2. The summed E-state index contributed by atoms with van der Waals surface area (Å²) in [5.41, 5.74) is 0. The first-order chi connectivity index (χ1) is 5.08. The molecule has 0 aliphatic carbocycles. The number of nitriles is 2. The molecule has 0 aliphatic heterocycles. The SMILES string of the molecule is CC=CS(=O)(=O)C(C#N)C#N. The van der Waals surface area contributed by atoms with E-state index >= 15 is 0 Å². The van der Waals surface area contributed by atoms with Crippen LogP contribution >= 0.6 is 0 Å². The number of allylic oxidation sites excluding steroid dienone is 1. The molecular formula is C6H6N2O2S. The maximum atomic E-state index is 10.9. The number of nitrogens with zero attached hydrogens (tertiary/aromatic N) is 2. The molecular weight excluding hydrogens is 164 g/mol. The van der Waals surface area contributed by atoms with Gasteiger partial charge in [-0.3, -0.25) is 0 Å². The summed E-state index contributed by atoms with van der Waals surface area (Å²) < 4.78 is 21.7. The van der Waals surface area contributed by atoms with Crippen LogP contribution in [-0.2, 0) is 9.84 Å². The molecule has 0 amide bonds. The lowest BCUT2D eigenvalue weighted by Gasteiger charge is -1.93. The molecule has 0 radical (unpaired) electrons. The summed E-state index contributed by atoms with van der Waals surface area (Å²) in [6, 6.07) is 2.75. The third-order valence-electron chi connectivity index (χ3n) is 0.889. The maximum absolute atomic E-state index is 10.9. The molecule has 0 heterocycles. The van der Waals surface area contributed by atoms with E-state index in [0.717, 1.165) is 5.41 Å². The van der Waals surface area contributed by atoms with Gasteiger partial charge in [-0.1, -0.05) is 6.08 Å². The van der Waals surface area contributed by atoms with Crippen LogP contribution in [0.25, 0.3) is 0 Å². The monoisotopic (exact) mass is 170 g/mol. The number of hydrogen-bond donors (Lipinski definition) is 0. The Labute approximate surface area is 65.3 Å². The van der Waals surface area contributed by atoms with Crippen LogP contribution in [-0.4, -0.2) is 13.7 Å². The van der Waals surface area contributed by atoms with Crippen LogP contribution in [0.4, 0.5) is 0 Å². The first-order valence-corrected chi connectivity index (χ1v) is 4.35. The van der Waals surface area contributed by atoms with Crippen molar-refractivity contribution in [2.45, 2.75) is 12.2 Å². The summed E-state index contributed by atoms with van der Waals surface area (Å²) >= 11 is 0. The minimum atomic E-state index is -3.68. The molecule has 0 aromatic heterocycles. The van der Waals surface area contributed by atoms with Gasteiger partial charge in [0.15, 0.2) is 0 Å². The second-order valence-electron chi connectivity index (χ2n) is 1.70. The Hall–Kier alpha value is -1.33. The molecule has 0 bridgehead atoms. The van der Waals surface area contributed by atoms with Crippen molar-refractivity contribution in [1.29, 1.82) is 10.5 Å². The molecule has 0 unspecified atom stereocenters. The highest BCUT2D eigenvalue weighted by molar-refractivity contribution is 7.95. The van der Waals surface area contributed by atoms with E-state index in [0.29, 0.717) is 0 Å². The molecule has 0 saturated carbocycles. The van der Waals surface area contributed by atoms with Crippen molar-refractivity contribution >= 4 is 9.84 Å². The van der Waals surface area contributed by atoms with Gasteiger partial charge in [-0.2, -0.15) is 10.5 Å². The van der Waals surface area contributed by atoms with Crippen molar-refractivity contribution in [3.8, 4) is 12.1 Å². The molecule has 0 aromatic rings. The van der Waals surface area contributed by atoms with Crippen LogP contribution in [0.5, 0.6) is 0 Å². The fraction of sp³-hybridized carbons (Fsp3) is 0.333. The summed E-state index contributed by atoms with van der Waals surface area (Å²) in [5, 5.41) is 15.7. The van der Waals surface area contributed by atoms with E-state index in [-0.39, 0.29) is 0 Å². The van der Waals surface area contributed by atoms with E-state index in [2.05, 4.69) is 0 Å². The summed E-state index contributed by atoms with van der Waals surface area (Å²) in [6.07, 6.45) is 1.27. The van der Waals surface area contributed by atoms with Gasteiger partial charge in [-0.25, -0.2) is 8.42 Å². The van der Waals surface area contributed by atoms with E-state index in [1.807, 2.05) is 0 Å². The van der Waals surface area contributed by atoms with Gasteiger partial charge in [0.25, 0.3) is 0 Å². The van der Waals surface area contributed by atoms with E-state index < -0.39 is 15.1 Å². The zero-order valence-electron chi connectivity index (χ0n) is 5.85. The Bertz CT molecular complexity index is 315. The van der Waals surface area contributed by atoms with Crippen molar-refractivity contribution in [2.24, 2.45) is 0 Å². The van der Waals surface area contributed by atoms with Crippen molar-refractivity contribution < 1.29 is 8.42 Å². The van der Waals surface area contributed by atoms with Crippen molar-refractivity contribution in [1.82, 2.24) is 0 Å². The fourth-order valence-corrected chi connectivity index (χ4v) is 1.27. The van der Waals surface area contributed by atoms with E-state index in [1.54, 1.807) is 0 Å². The van der Waals surface area contributed by atoms with Crippen molar-refractivity contribution in [2.75, 3.05) is 0 Å². The third-order valence-corrected chi connectivity index (χ3v) is 2.41. The van der Waals surface area contributed by atoms with Crippen LogP contribution in [0, 0.1) is 22.7 Å². The van der Waals surface area contributed by atoms with Gasteiger partial charge in [-0.15, -0.1) is 0 Å². The van der Waals surface area contributed by atoms with Crippen LogP contribution in [0.15, 0.2) is 11.5 Å². The summed E-state index contributed by atoms with van der Waals surface area (Å²) in [7, 11) is -3.68.